The molecule has 3 aromatic heterocycles. The van der Waals surface area contributed by atoms with Gasteiger partial charge in [-0.1, -0.05) is 6.07 Å². The van der Waals surface area contributed by atoms with Crippen LogP contribution < -0.4 is 231 Å². The van der Waals surface area contributed by atoms with Crippen LogP contribution in [0.4, 0.5) is 0 Å². The van der Waals surface area contributed by atoms with Gasteiger partial charge < -0.3 is 68.4 Å². The standard InChI is InChI=1S/C18H21N3O3S.C15H17N3O.C10H6N2O.C5H12ClN.C3H7NO2S.2CH2O3.4K.2H/c1-21(2)8-3-9-24-13-5-7-14-12(10-13)4-6-15(19-14)17-20-16(11-25-17)18(22)23;1-18(2)8-3-9-19-14-6-7-15-12(10-14)4-5-13(11-16)17-15;11-6-8-2-1-7-5-9(13)3-4-10(7)12-8;1-7(2)5-3-4-6;4-2(1-7)3(5)6;2*2-1-4-3;;;;;;/h4-7,10,16H,3,8-9,11H2,1-2H3,(H,22,23);4-7,10H,3,8-9H2,1-2H3;1-5,13H;3-5H2,1-2H3;2,7H,1,4H2,(H,5,6);2*1,3H;;;;;;/q;;;;;;;4*+1;2*-1/p-2/t16-;;;;2-;;;;;;;;/m1...1......../s1. The molecule has 83 heavy (non-hydrogen) atoms. The Hall–Kier alpha value is -0.885. The van der Waals surface area contributed by atoms with Crippen molar-refractivity contribution in [3.8, 4) is 29.4 Å². The van der Waals surface area contributed by atoms with Crippen molar-refractivity contribution in [2.24, 2.45) is 10.7 Å². The van der Waals surface area contributed by atoms with E-state index < -0.39 is 24.0 Å². The summed E-state index contributed by atoms with van der Waals surface area (Å²) < 4.78 is 11.5. The maximum absolute atomic E-state index is 11.0. The number of thioether (sulfide) groups is 1. The second-order valence-electron chi connectivity index (χ2n) is 16.9. The van der Waals surface area contributed by atoms with Crippen molar-refractivity contribution in [1.29, 1.82) is 10.5 Å². The number of phenolic OH excluding ortho intramolecular Hbond substituents is 1. The number of rotatable bonds is 19. The Kier molecular flexibility index (Phi) is 57.7. The fourth-order valence-corrected chi connectivity index (χ4v) is 7.25. The molecule has 0 aliphatic carbocycles. The van der Waals surface area contributed by atoms with Crippen LogP contribution in [0, 0.1) is 22.7 Å². The number of hydrogen-bond acceptors (Lipinski definition) is 23. The van der Waals surface area contributed by atoms with E-state index in [4.69, 9.17) is 72.8 Å². The number of carboxylic acid groups (broad SMARTS) is 2. The Morgan fingerprint density at radius 3 is 1.48 bits per heavy atom. The molecule has 430 valence electrons. The van der Waals surface area contributed by atoms with Crippen molar-refractivity contribution in [3.05, 3.63) is 108 Å². The molecule has 0 unspecified atom stereocenters. The summed E-state index contributed by atoms with van der Waals surface area (Å²) in [7, 11) is 12.3. The number of thiol groups is 1. The number of nitriles is 2. The van der Waals surface area contributed by atoms with Crippen LogP contribution in [0.1, 0.15) is 39.2 Å². The van der Waals surface area contributed by atoms with Gasteiger partial charge in [0.1, 0.15) is 51.9 Å². The Morgan fingerprint density at radius 1 is 0.723 bits per heavy atom. The summed E-state index contributed by atoms with van der Waals surface area (Å²) in [6.45, 7) is 4.13. The molecule has 0 saturated heterocycles. The van der Waals surface area contributed by atoms with Crippen molar-refractivity contribution in [2.45, 2.75) is 31.3 Å². The largest absolute Gasteiger partial charge is 1.00 e. The van der Waals surface area contributed by atoms with E-state index in [9.17, 15) is 9.59 Å². The number of halogens is 1. The smallest absolute Gasteiger partial charge is 1.00 e. The van der Waals surface area contributed by atoms with Crippen LogP contribution in [-0.4, -0.2) is 180 Å². The number of ether oxygens (including phenoxy) is 2. The van der Waals surface area contributed by atoms with E-state index in [1.807, 2.05) is 94.9 Å². The van der Waals surface area contributed by atoms with Gasteiger partial charge in [-0.2, -0.15) is 23.2 Å². The zero-order chi connectivity index (χ0) is 59.1. The molecular formula is C53H67ClK4N10O13S2. The molecule has 0 fully saturated rings. The molecule has 5 N–H and O–H groups in total. The number of alkyl halides is 1. The maximum atomic E-state index is 11.0. The van der Waals surface area contributed by atoms with E-state index in [2.05, 4.69) is 71.1 Å². The molecule has 23 nitrogen and oxygen atoms in total. The number of carbonyl (C=O) groups is 4. The van der Waals surface area contributed by atoms with Gasteiger partial charge in [0.25, 0.3) is 12.9 Å². The number of benzene rings is 3. The van der Waals surface area contributed by atoms with Gasteiger partial charge in [-0.15, -0.1) is 23.4 Å². The number of aromatic hydroxyl groups is 1. The number of nitrogens with zero attached hydrogens (tertiary/aromatic N) is 9. The van der Waals surface area contributed by atoms with Gasteiger partial charge in [-0.3, -0.25) is 19.4 Å². The van der Waals surface area contributed by atoms with Crippen molar-refractivity contribution in [3.63, 3.8) is 0 Å². The van der Waals surface area contributed by atoms with E-state index in [0.29, 0.717) is 35.4 Å². The number of hydrogen-bond donors (Lipinski definition) is 5. The number of aliphatic carboxylic acids is 2. The van der Waals surface area contributed by atoms with Gasteiger partial charge in [-0.05, 0) is 153 Å². The topological polar surface area (TPSA) is 346 Å². The van der Waals surface area contributed by atoms with Crippen molar-refractivity contribution < 1.29 is 273 Å². The monoisotopic (exact) mass is 1310 g/mol. The molecule has 0 spiro atoms. The number of carbonyl (C=O) groups excluding carboxylic acids is 2. The average molecular weight is 1310 g/mol. The van der Waals surface area contributed by atoms with Crippen LogP contribution in [0.3, 0.4) is 0 Å². The van der Waals surface area contributed by atoms with Gasteiger partial charge in [0.2, 0.25) is 0 Å². The molecule has 0 saturated carbocycles. The van der Waals surface area contributed by atoms with Crippen molar-refractivity contribution >= 4 is 98.6 Å². The van der Waals surface area contributed by atoms with Gasteiger partial charge >= 0.3 is 217 Å². The number of nitrogens with two attached hydrogens (primary N) is 1. The predicted molar refractivity (Wildman–Crippen MR) is 304 cm³/mol. The number of carboxylic acids is 2. The SMILES string of the molecule is CN(C)CCCCl.CN(C)CCCOc1ccc2nc(C#N)ccc2c1.CN(C)CCCOc1ccc2nc(C3=N[C@@H](C(=O)O)CS3)ccc2c1.N#Cc1ccc2cc(O)ccc2n1.N[C@H](CS)C(=O)O.O=CO[O-].O=CO[O-].[H-].[H-].[K+].[K+].[K+].[K+]. The maximum Gasteiger partial charge on any atom is 1.00 e. The third-order valence-electron chi connectivity index (χ3n) is 9.75. The van der Waals surface area contributed by atoms with Crippen LogP contribution in [0.25, 0.3) is 32.7 Å². The van der Waals surface area contributed by atoms with Crippen molar-refractivity contribution in [2.75, 3.05) is 92.5 Å². The summed E-state index contributed by atoms with van der Waals surface area (Å²) in [5, 5.41) is 64.0. The molecular weight excluding hydrogens is 1240 g/mol. The van der Waals surface area contributed by atoms with E-state index in [-0.39, 0.29) is 233 Å². The summed E-state index contributed by atoms with van der Waals surface area (Å²) in [6, 6.07) is 29.8. The summed E-state index contributed by atoms with van der Waals surface area (Å²) in [6.07, 6.45) is 3.06. The zero-order valence-corrected chi connectivity index (χ0v) is 63.5. The second kappa shape index (κ2) is 54.1. The van der Waals surface area contributed by atoms with Crippen LogP contribution in [0.5, 0.6) is 17.2 Å². The fraction of sp³-hybridized carbons (Fsp3) is 0.358. The molecule has 2 atom stereocenters. The minimum atomic E-state index is -1.00. The molecule has 6 aromatic rings. The van der Waals surface area contributed by atoms with Gasteiger partial charge in [0.15, 0.2) is 6.04 Å². The number of aromatic nitrogens is 3. The molecule has 0 bridgehead atoms. The normalized spacial score (nSPS) is 11.6. The Bertz CT molecular complexity index is 2940. The van der Waals surface area contributed by atoms with Gasteiger partial charge in [0.05, 0.1) is 35.5 Å². The first-order chi connectivity index (χ1) is 37.8. The molecule has 1 aliphatic rings. The number of aliphatic imine (C=N–C) groups is 1. The van der Waals surface area contributed by atoms with E-state index in [0.717, 1.165) is 94.7 Å². The van der Waals surface area contributed by atoms with Crippen LogP contribution in [0.15, 0.2) is 96.0 Å². The molecule has 7 rings (SSSR count). The zero-order valence-electron chi connectivity index (χ0n) is 50.5. The summed E-state index contributed by atoms with van der Waals surface area (Å²) in [4.78, 5) is 66.8. The molecule has 3 aromatic carbocycles. The second-order valence-corrected chi connectivity index (χ2v) is 18.6. The third-order valence-corrected chi connectivity index (χ3v) is 11.5. The summed E-state index contributed by atoms with van der Waals surface area (Å²) in [5.41, 5.74) is 8.87. The summed E-state index contributed by atoms with van der Waals surface area (Å²) in [5.74, 6) is 1.42. The Balaban J connectivity index is -0.000000232. The van der Waals surface area contributed by atoms with Gasteiger partial charge in [-0.25, -0.2) is 19.7 Å². The third kappa shape index (κ3) is 40.4. The number of pyridine rings is 3. The first-order valence-electron chi connectivity index (χ1n) is 23.7. The first kappa shape index (κ1) is 88.5. The van der Waals surface area contributed by atoms with Gasteiger partial charge in [0, 0.05) is 46.6 Å². The molecule has 1 aliphatic heterocycles. The van der Waals surface area contributed by atoms with Crippen LogP contribution in [0.2, 0.25) is 0 Å². The molecule has 0 amide bonds. The van der Waals surface area contributed by atoms with E-state index in [1.54, 1.807) is 36.4 Å². The Morgan fingerprint density at radius 2 is 1.13 bits per heavy atom. The minimum Gasteiger partial charge on any atom is -1.00 e. The van der Waals surface area contributed by atoms with Crippen molar-refractivity contribution in [1.82, 2.24) is 29.7 Å². The molecule has 30 heteroatoms. The Labute approximate surface area is 671 Å². The van der Waals surface area contributed by atoms with E-state index >= 15 is 0 Å². The van der Waals surface area contributed by atoms with Crippen LogP contribution >= 0.6 is 36.0 Å². The average Bonchev–Trinajstić information content (AvgIpc) is 3.96. The minimum absolute atomic E-state index is 0. The summed E-state index contributed by atoms with van der Waals surface area (Å²) >= 11 is 10.5. The molecule has 0 radical (unpaired) electrons. The number of fused-ring (bicyclic) bond motifs is 3. The van der Waals surface area contributed by atoms with E-state index in [1.165, 1.54) is 11.8 Å². The first-order valence-corrected chi connectivity index (χ1v) is 25.9. The predicted octanol–water partition coefficient (Wildman–Crippen LogP) is -7.62. The quantitative estimate of drug-likeness (QED) is 0.00957. The number of phenols is 1. The van der Waals surface area contributed by atoms with Crippen LogP contribution in [-0.2, 0) is 29.0 Å². The molecule has 4 heterocycles. The fourth-order valence-electron chi connectivity index (χ4n) is 5.98.